The first-order valence-electron chi connectivity index (χ1n) is 4.89. The zero-order chi connectivity index (χ0) is 9.73. The van der Waals surface area contributed by atoms with Crippen LogP contribution < -0.4 is 0 Å². The Bertz CT molecular complexity index is 171. The first-order chi connectivity index (χ1) is 6.16. The van der Waals surface area contributed by atoms with Crippen LogP contribution in [0.5, 0.6) is 0 Å². The average molecular weight is 186 g/mol. The number of hydrogen-bond donors (Lipinski definition) is 1. The van der Waals surface area contributed by atoms with Crippen molar-refractivity contribution in [3.8, 4) is 0 Å². The lowest BCUT2D eigenvalue weighted by Gasteiger charge is -2.21. The Hall–Kier alpha value is -0.410. The fraction of sp³-hybridized carbons (Fsp3) is 0.900. The average Bonchev–Trinajstić information content (AvgIpc) is 2.51. The van der Waals surface area contributed by atoms with E-state index >= 15 is 0 Å². The molecule has 3 nitrogen and oxygen atoms in total. The maximum Gasteiger partial charge on any atom is 0.158 e. The van der Waals surface area contributed by atoms with Gasteiger partial charge in [-0.15, -0.1) is 0 Å². The number of ether oxygens (including phenoxy) is 1. The summed E-state index contributed by atoms with van der Waals surface area (Å²) in [5, 5.41) is 9.92. The zero-order valence-electron chi connectivity index (χ0n) is 8.21. The van der Waals surface area contributed by atoms with Gasteiger partial charge in [0.05, 0.1) is 5.60 Å². The van der Waals surface area contributed by atoms with Crippen LogP contribution in [0.4, 0.5) is 0 Å². The van der Waals surface area contributed by atoms with Crippen molar-refractivity contribution in [2.45, 2.75) is 44.1 Å². The standard InChI is InChI=1S/C10H18O3/c1-13-8-9(11)4-7-10(12)5-2-3-6-10/h12H,2-8H2,1H3. The monoisotopic (exact) mass is 186 g/mol. The number of aliphatic hydroxyl groups is 1. The highest BCUT2D eigenvalue weighted by Gasteiger charge is 2.30. The van der Waals surface area contributed by atoms with E-state index in [1.165, 1.54) is 7.11 Å². The molecule has 0 spiro atoms. The van der Waals surface area contributed by atoms with Crippen molar-refractivity contribution in [3.05, 3.63) is 0 Å². The summed E-state index contributed by atoms with van der Waals surface area (Å²) in [6.07, 6.45) is 4.95. The molecule has 0 amide bonds. The molecule has 1 N–H and O–H groups in total. The molecule has 1 fully saturated rings. The van der Waals surface area contributed by atoms with Gasteiger partial charge in [-0.25, -0.2) is 0 Å². The van der Waals surface area contributed by atoms with Crippen LogP contribution in [0.3, 0.4) is 0 Å². The maximum atomic E-state index is 11.1. The van der Waals surface area contributed by atoms with Gasteiger partial charge >= 0.3 is 0 Å². The Morgan fingerprint density at radius 2 is 2.08 bits per heavy atom. The lowest BCUT2D eigenvalue weighted by Crippen LogP contribution is -2.25. The Labute approximate surface area is 79.1 Å². The van der Waals surface area contributed by atoms with Crippen molar-refractivity contribution >= 4 is 5.78 Å². The van der Waals surface area contributed by atoms with Crippen molar-refractivity contribution in [2.75, 3.05) is 13.7 Å². The number of ketones is 1. The number of hydrogen-bond acceptors (Lipinski definition) is 3. The molecule has 1 rings (SSSR count). The largest absolute Gasteiger partial charge is 0.390 e. The SMILES string of the molecule is COCC(=O)CCC1(O)CCCC1. The van der Waals surface area contributed by atoms with Crippen LogP contribution >= 0.6 is 0 Å². The Morgan fingerprint density at radius 3 is 2.62 bits per heavy atom. The second-order valence-electron chi connectivity index (χ2n) is 3.90. The van der Waals surface area contributed by atoms with E-state index in [-0.39, 0.29) is 12.4 Å². The molecule has 0 radical (unpaired) electrons. The molecule has 13 heavy (non-hydrogen) atoms. The van der Waals surface area contributed by atoms with E-state index in [2.05, 4.69) is 0 Å². The van der Waals surface area contributed by atoms with Gasteiger partial charge in [-0.05, 0) is 19.3 Å². The molecule has 0 aromatic rings. The maximum absolute atomic E-state index is 11.1. The van der Waals surface area contributed by atoms with E-state index in [0.717, 1.165) is 25.7 Å². The molecular weight excluding hydrogens is 168 g/mol. The lowest BCUT2D eigenvalue weighted by molar-refractivity contribution is -0.124. The normalized spacial score (nSPS) is 20.5. The predicted octanol–water partition coefficient (Wildman–Crippen LogP) is 1.29. The van der Waals surface area contributed by atoms with E-state index in [4.69, 9.17) is 4.74 Å². The summed E-state index contributed by atoms with van der Waals surface area (Å²) in [6, 6.07) is 0. The summed E-state index contributed by atoms with van der Waals surface area (Å²) in [4.78, 5) is 11.1. The van der Waals surface area contributed by atoms with Crippen LogP contribution in [0, 0.1) is 0 Å². The van der Waals surface area contributed by atoms with Crippen LogP contribution in [0.2, 0.25) is 0 Å². The molecule has 0 aromatic carbocycles. The van der Waals surface area contributed by atoms with Gasteiger partial charge in [0.2, 0.25) is 0 Å². The minimum atomic E-state index is -0.552. The lowest BCUT2D eigenvalue weighted by atomic mass is 9.95. The number of carbonyl (C=O) groups excluding carboxylic acids is 1. The minimum absolute atomic E-state index is 0.0859. The molecule has 0 bridgehead atoms. The molecule has 0 aromatic heterocycles. The van der Waals surface area contributed by atoms with Gasteiger partial charge in [-0.2, -0.15) is 0 Å². The molecule has 76 valence electrons. The molecule has 1 saturated carbocycles. The van der Waals surface area contributed by atoms with E-state index in [9.17, 15) is 9.90 Å². The van der Waals surface area contributed by atoms with Crippen LogP contribution in [0.15, 0.2) is 0 Å². The van der Waals surface area contributed by atoms with Gasteiger partial charge < -0.3 is 9.84 Å². The van der Waals surface area contributed by atoms with Gasteiger partial charge in [0.25, 0.3) is 0 Å². The third-order valence-corrected chi connectivity index (χ3v) is 2.71. The first kappa shape index (κ1) is 10.7. The molecule has 0 atom stereocenters. The number of Topliss-reactive ketones (excluding diaryl/α,β-unsaturated/α-hetero) is 1. The molecule has 0 heterocycles. The first-order valence-corrected chi connectivity index (χ1v) is 4.89. The van der Waals surface area contributed by atoms with Crippen LogP contribution in [0.25, 0.3) is 0 Å². The molecular formula is C10H18O3. The minimum Gasteiger partial charge on any atom is -0.390 e. The summed E-state index contributed by atoms with van der Waals surface area (Å²) in [6.45, 7) is 0.177. The molecule has 0 saturated heterocycles. The molecule has 0 unspecified atom stereocenters. The molecule has 1 aliphatic carbocycles. The number of carbonyl (C=O) groups is 1. The summed E-state index contributed by atoms with van der Waals surface area (Å²) in [7, 11) is 1.52. The Kier molecular flexibility index (Phi) is 3.88. The van der Waals surface area contributed by atoms with Crippen LogP contribution in [-0.4, -0.2) is 30.2 Å². The summed E-state index contributed by atoms with van der Waals surface area (Å²) in [5.74, 6) is 0.0859. The van der Waals surface area contributed by atoms with Crippen molar-refractivity contribution in [1.29, 1.82) is 0 Å². The van der Waals surface area contributed by atoms with Crippen LogP contribution in [-0.2, 0) is 9.53 Å². The molecule has 0 aliphatic heterocycles. The highest BCUT2D eigenvalue weighted by molar-refractivity contribution is 5.79. The van der Waals surface area contributed by atoms with E-state index in [1.807, 2.05) is 0 Å². The second kappa shape index (κ2) is 4.72. The summed E-state index contributed by atoms with van der Waals surface area (Å²) >= 11 is 0. The van der Waals surface area contributed by atoms with Crippen molar-refractivity contribution in [2.24, 2.45) is 0 Å². The van der Waals surface area contributed by atoms with Crippen LogP contribution in [0.1, 0.15) is 38.5 Å². The smallest absolute Gasteiger partial charge is 0.158 e. The Morgan fingerprint density at radius 1 is 1.46 bits per heavy atom. The highest BCUT2D eigenvalue weighted by atomic mass is 16.5. The van der Waals surface area contributed by atoms with E-state index < -0.39 is 5.60 Å². The fourth-order valence-corrected chi connectivity index (χ4v) is 1.89. The second-order valence-corrected chi connectivity index (χ2v) is 3.90. The fourth-order valence-electron chi connectivity index (χ4n) is 1.89. The van der Waals surface area contributed by atoms with Crippen molar-refractivity contribution < 1.29 is 14.6 Å². The van der Waals surface area contributed by atoms with Crippen molar-refractivity contribution in [1.82, 2.24) is 0 Å². The van der Waals surface area contributed by atoms with Gasteiger partial charge in [-0.3, -0.25) is 4.79 Å². The summed E-state index contributed by atoms with van der Waals surface area (Å²) in [5.41, 5.74) is -0.552. The van der Waals surface area contributed by atoms with Crippen molar-refractivity contribution in [3.63, 3.8) is 0 Å². The predicted molar refractivity (Wildman–Crippen MR) is 49.5 cm³/mol. The summed E-state index contributed by atoms with van der Waals surface area (Å²) < 4.78 is 4.72. The van der Waals surface area contributed by atoms with E-state index in [1.54, 1.807) is 0 Å². The number of methoxy groups -OCH3 is 1. The zero-order valence-corrected chi connectivity index (χ0v) is 8.21. The quantitative estimate of drug-likeness (QED) is 0.703. The third kappa shape index (κ3) is 3.44. The molecule has 3 heteroatoms. The highest BCUT2D eigenvalue weighted by Crippen LogP contribution is 2.33. The van der Waals surface area contributed by atoms with Gasteiger partial charge in [0, 0.05) is 13.5 Å². The van der Waals surface area contributed by atoms with Gasteiger partial charge in [0.15, 0.2) is 5.78 Å². The number of rotatable bonds is 5. The molecule has 1 aliphatic rings. The topological polar surface area (TPSA) is 46.5 Å². The van der Waals surface area contributed by atoms with E-state index in [0.29, 0.717) is 12.8 Å². The van der Waals surface area contributed by atoms with Gasteiger partial charge in [0.1, 0.15) is 6.61 Å². The Balaban J connectivity index is 2.21. The third-order valence-electron chi connectivity index (χ3n) is 2.71. The van der Waals surface area contributed by atoms with Gasteiger partial charge in [-0.1, -0.05) is 12.8 Å².